The molecule has 0 bridgehead atoms. The summed E-state index contributed by atoms with van der Waals surface area (Å²) in [7, 11) is 1.43. The summed E-state index contributed by atoms with van der Waals surface area (Å²) in [6.45, 7) is 0.924. The number of aliphatic hydroxyl groups is 1. The van der Waals surface area contributed by atoms with E-state index in [1.165, 1.54) is 12.0 Å². The van der Waals surface area contributed by atoms with Gasteiger partial charge in [0.25, 0.3) is 5.91 Å². The minimum atomic E-state index is -0.393. The van der Waals surface area contributed by atoms with Crippen LogP contribution >= 0.6 is 23.2 Å². The van der Waals surface area contributed by atoms with Crippen LogP contribution in [-0.2, 0) is 4.74 Å². The van der Waals surface area contributed by atoms with Crippen LogP contribution in [0.15, 0.2) is 12.1 Å². The van der Waals surface area contributed by atoms with Gasteiger partial charge in [0.2, 0.25) is 0 Å². The first-order valence-electron chi connectivity index (χ1n) is 6.11. The van der Waals surface area contributed by atoms with E-state index in [-0.39, 0.29) is 28.8 Å². The van der Waals surface area contributed by atoms with Crippen LogP contribution in [0.5, 0.6) is 5.75 Å². The van der Waals surface area contributed by atoms with Crippen molar-refractivity contribution in [3.8, 4) is 5.75 Å². The third-order valence-corrected chi connectivity index (χ3v) is 3.79. The number of carbonyl (C=O) groups is 1. The lowest BCUT2D eigenvalue weighted by atomic mass is 10.1. The van der Waals surface area contributed by atoms with Crippen molar-refractivity contribution in [2.45, 2.75) is 6.04 Å². The Labute approximate surface area is 127 Å². The highest BCUT2D eigenvalue weighted by atomic mass is 35.5. The van der Waals surface area contributed by atoms with Crippen molar-refractivity contribution < 1.29 is 19.4 Å². The van der Waals surface area contributed by atoms with Gasteiger partial charge in [-0.15, -0.1) is 0 Å². The van der Waals surface area contributed by atoms with Gasteiger partial charge < -0.3 is 19.5 Å². The van der Waals surface area contributed by atoms with Crippen molar-refractivity contribution in [2.75, 3.05) is 33.5 Å². The van der Waals surface area contributed by atoms with Crippen LogP contribution in [0.4, 0.5) is 0 Å². The minimum Gasteiger partial charge on any atom is -0.494 e. The van der Waals surface area contributed by atoms with E-state index in [1.54, 1.807) is 12.1 Å². The maximum Gasteiger partial charge on any atom is 0.259 e. The largest absolute Gasteiger partial charge is 0.494 e. The second kappa shape index (κ2) is 6.63. The van der Waals surface area contributed by atoms with Crippen molar-refractivity contribution in [3.05, 3.63) is 27.7 Å². The van der Waals surface area contributed by atoms with Gasteiger partial charge in [0.15, 0.2) is 5.75 Å². The summed E-state index contributed by atoms with van der Waals surface area (Å²) in [5.41, 5.74) is 0.210. The molecule has 1 aromatic carbocycles. The minimum absolute atomic E-state index is 0.174. The third-order valence-electron chi connectivity index (χ3n) is 3.18. The van der Waals surface area contributed by atoms with Crippen LogP contribution in [0.3, 0.4) is 0 Å². The molecule has 0 spiro atoms. The molecule has 1 atom stereocenters. The van der Waals surface area contributed by atoms with Gasteiger partial charge in [0.1, 0.15) is 5.56 Å². The van der Waals surface area contributed by atoms with E-state index in [0.29, 0.717) is 24.8 Å². The molecular formula is C13H15Cl2NO4. The molecule has 1 heterocycles. The van der Waals surface area contributed by atoms with Crippen LogP contribution in [0.25, 0.3) is 0 Å². The molecular weight excluding hydrogens is 305 g/mol. The number of methoxy groups -OCH3 is 1. The van der Waals surface area contributed by atoms with E-state index in [1.807, 2.05) is 0 Å². The monoisotopic (exact) mass is 319 g/mol. The lowest BCUT2D eigenvalue weighted by molar-refractivity contribution is -0.0185. The molecule has 1 N–H and O–H groups in total. The molecule has 0 aliphatic carbocycles. The highest BCUT2D eigenvalue weighted by molar-refractivity contribution is 6.37. The molecule has 0 radical (unpaired) electrons. The smallest absolute Gasteiger partial charge is 0.259 e. The van der Waals surface area contributed by atoms with Crippen molar-refractivity contribution in [1.82, 2.24) is 4.90 Å². The van der Waals surface area contributed by atoms with E-state index in [9.17, 15) is 9.90 Å². The van der Waals surface area contributed by atoms with E-state index < -0.39 is 6.04 Å². The fourth-order valence-corrected chi connectivity index (χ4v) is 2.61. The number of morpholine rings is 1. The number of amides is 1. The Morgan fingerprint density at radius 1 is 1.50 bits per heavy atom. The van der Waals surface area contributed by atoms with Gasteiger partial charge in [-0.25, -0.2) is 0 Å². The van der Waals surface area contributed by atoms with E-state index in [2.05, 4.69) is 0 Å². The zero-order valence-corrected chi connectivity index (χ0v) is 12.4. The third kappa shape index (κ3) is 2.86. The van der Waals surface area contributed by atoms with Gasteiger partial charge in [0.05, 0.1) is 43.0 Å². The SMILES string of the molecule is COc1c(Cl)ccc(Cl)c1C(=O)N1CCOCC1CO. The highest BCUT2D eigenvalue weighted by Gasteiger charge is 2.31. The number of benzene rings is 1. The summed E-state index contributed by atoms with van der Waals surface area (Å²) < 4.78 is 10.4. The van der Waals surface area contributed by atoms with Crippen molar-refractivity contribution >= 4 is 29.1 Å². The average Bonchev–Trinajstić information content (AvgIpc) is 2.48. The zero-order chi connectivity index (χ0) is 14.7. The number of ether oxygens (including phenoxy) is 2. The van der Waals surface area contributed by atoms with E-state index in [0.717, 1.165) is 0 Å². The lowest BCUT2D eigenvalue weighted by Crippen LogP contribution is -2.50. The molecule has 0 saturated carbocycles. The van der Waals surface area contributed by atoms with E-state index >= 15 is 0 Å². The van der Waals surface area contributed by atoms with Gasteiger partial charge >= 0.3 is 0 Å². The first-order valence-corrected chi connectivity index (χ1v) is 6.87. The standard InChI is InChI=1S/C13H15Cl2NO4/c1-19-12-10(15)3-2-9(14)11(12)13(18)16-4-5-20-7-8(16)6-17/h2-3,8,17H,4-7H2,1H3. The quantitative estimate of drug-likeness (QED) is 0.923. The van der Waals surface area contributed by atoms with Gasteiger partial charge in [0, 0.05) is 6.54 Å². The normalized spacial score (nSPS) is 19.0. The highest BCUT2D eigenvalue weighted by Crippen LogP contribution is 2.35. The Kier molecular flexibility index (Phi) is 5.10. The molecule has 0 aromatic heterocycles. The van der Waals surface area contributed by atoms with Gasteiger partial charge in [-0.2, -0.15) is 0 Å². The van der Waals surface area contributed by atoms with E-state index in [4.69, 9.17) is 32.7 Å². The number of hydrogen-bond acceptors (Lipinski definition) is 4. The Balaban J connectivity index is 2.39. The number of rotatable bonds is 3. The van der Waals surface area contributed by atoms with Gasteiger partial charge in [-0.3, -0.25) is 4.79 Å². The molecule has 2 rings (SSSR count). The predicted molar refractivity (Wildman–Crippen MR) is 75.7 cm³/mol. The Morgan fingerprint density at radius 2 is 2.20 bits per heavy atom. The van der Waals surface area contributed by atoms with Crippen molar-refractivity contribution in [2.24, 2.45) is 0 Å². The fraction of sp³-hybridized carbons (Fsp3) is 0.462. The van der Waals surface area contributed by atoms with Crippen molar-refractivity contribution in [1.29, 1.82) is 0 Å². The fourth-order valence-electron chi connectivity index (χ4n) is 2.15. The summed E-state index contributed by atoms with van der Waals surface area (Å²) in [6.07, 6.45) is 0. The molecule has 1 amide bonds. The second-order valence-corrected chi connectivity index (χ2v) is 5.16. The van der Waals surface area contributed by atoms with Crippen LogP contribution < -0.4 is 4.74 Å². The maximum absolute atomic E-state index is 12.7. The molecule has 1 aliphatic heterocycles. The number of aliphatic hydroxyl groups excluding tert-OH is 1. The number of hydrogen-bond donors (Lipinski definition) is 1. The second-order valence-electron chi connectivity index (χ2n) is 4.35. The zero-order valence-electron chi connectivity index (χ0n) is 10.9. The van der Waals surface area contributed by atoms with Gasteiger partial charge in [-0.05, 0) is 12.1 Å². The van der Waals surface area contributed by atoms with Crippen molar-refractivity contribution in [3.63, 3.8) is 0 Å². The summed E-state index contributed by atoms with van der Waals surface area (Å²) in [6, 6.07) is 2.73. The molecule has 1 saturated heterocycles. The summed E-state index contributed by atoms with van der Waals surface area (Å²) in [4.78, 5) is 14.2. The number of carbonyl (C=O) groups excluding carboxylic acids is 1. The topological polar surface area (TPSA) is 59.0 Å². The van der Waals surface area contributed by atoms with Gasteiger partial charge in [-0.1, -0.05) is 23.2 Å². The summed E-state index contributed by atoms with van der Waals surface area (Å²) >= 11 is 12.1. The number of halogens is 2. The molecule has 5 nitrogen and oxygen atoms in total. The van der Waals surface area contributed by atoms with Crippen LogP contribution in [0.2, 0.25) is 10.0 Å². The Bertz CT molecular complexity index is 509. The molecule has 7 heteroatoms. The van der Waals surface area contributed by atoms with Crippen LogP contribution in [0.1, 0.15) is 10.4 Å². The molecule has 20 heavy (non-hydrogen) atoms. The Morgan fingerprint density at radius 3 is 2.85 bits per heavy atom. The average molecular weight is 320 g/mol. The predicted octanol–water partition coefficient (Wildman–Crippen LogP) is 1.84. The molecule has 1 aliphatic rings. The lowest BCUT2D eigenvalue weighted by Gasteiger charge is -2.35. The molecule has 1 fully saturated rings. The molecule has 1 aromatic rings. The number of nitrogens with zero attached hydrogens (tertiary/aromatic N) is 1. The first kappa shape index (κ1) is 15.4. The Hall–Kier alpha value is -1.01. The summed E-state index contributed by atoms with van der Waals surface area (Å²) in [5.74, 6) is -0.0796. The molecule has 110 valence electrons. The maximum atomic E-state index is 12.7. The van der Waals surface area contributed by atoms with Crippen LogP contribution in [0, 0.1) is 0 Å². The first-order chi connectivity index (χ1) is 9.60. The summed E-state index contributed by atoms with van der Waals surface area (Å²) in [5, 5.41) is 9.92. The molecule has 1 unspecified atom stereocenters. The van der Waals surface area contributed by atoms with Crippen LogP contribution in [-0.4, -0.2) is 55.4 Å².